The predicted molar refractivity (Wildman–Crippen MR) is 381 cm³/mol. The first-order chi connectivity index (χ1) is 46.4. The first-order valence-electron chi connectivity index (χ1n) is 29.9. The number of anilines is 3. The molecular formula is C70H66Cl4FN15O7. The zero-order valence-electron chi connectivity index (χ0n) is 53.4. The largest absolute Gasteiger partial charge is 0.478 e. The number of halogens is 5. The fourth-order valence-electron chi connectivity index (χ4n) is 9.69. The van der Waals surface area contributed by atoms with Crippen LogP contribution in [0.4, 0.5) is 21.8 Å². The van der Waals surface area contributed by atoms with E-state index in [2.05, 4.69) is 40.5 Å². The molecule has 498 valence electrons. The number of aromatic nitrogens is 9. The van der Waals surface area contributed by atoms with Crippen LogP contribution in [0.25, 0.3) is 32.3 Å². The molecule has 9 aromatic heterocycles. The van der Waals surface area contributed by atoms with Gasteiger partial charge in [0.1, 0.15) is 17.5 Å². The number of carbonyl (C=O) groups excluding carboxylic acids is 2. The molecule has 12 rings (SSSR count). The summed E-state index contributed by atoms with van der Waals surface area (Å²) in [5.74, 6) is -0.0684. The van der Waals surface area contributed by atoms with Crippen molar-refractivity contribution >= 4 is 115 Å². The molecule has 0 spiro atoms. The number of aromatic carboxylic acids is 1. The van der Waals surface area contributed by atoms with Crippen molar-refractivity contribution in [2.24, 2.45) is 5.73 Å². The molecular weight excluding hydrogens is 1320 g/mol. The van der Waals surface area contributed by atoms with Crippen LogP contribution in [0.2, 0.25) is 15.1 Å². The van der Waals surface area contributed by atoms with Gasteiger partial charge in [0.05, 0.1) is 50.8 Å². The summed E-state index contributed by atoms with van der Waals surface area (Å²) in [5, 5.41) is 21.5. The van der Waals surface area contributed by atoms with Gasteiger partial charge in [-0.15, -0.1) is 12.4 Å². The summed E-state index contributed by atoms with van der Waals surface area (Å²) in [4.78, 5) is 98.4. The molecule has 0 saturated heterocycles. The molecule has 11 N–H and O–H groups in total. The van der Waals surface area contributed by atoms with Gasteiger partial charge in [-0.2, -0.15) is 0 Å². The summed E-state index contributed by atoms with van der Waals surface area (Å²) in [6, 6.07) is 40.9. The Kier molecular flexibility index (Phi) is 25.5. The van der Waals surface area contributed by atoms with Crippen molar-refractivity contribution in [3.63, 3.8) is 0 Å². The Morgan fingerprint density at radius 3 is 1.09 bits per heavy atom. The molecule has 97 heavy (non-hydrogen) atoms. The lowest BCUT2D eigenvalue weighted by atomic mass is 10.1. The number of hydrogen-bond acceptors (Lipinski definition) is 16. The van der Waals surface area contributed by atoms with Crippen LogP contribution in [0.3, 0.4) is 0 Å². The number of nitrogens with two attached hydrogens (primary N) is 4. The van der Waals surface area contributed by atoms with E-state index in [1.807, 2.05) is 51.1 Å². The number of alkyl halides is 1. The maximum atomic E-state index is 12.6. The topological polar surface area (TPSA) is 343 Å². The van der Waals surface area contributed by atoms with E-state index in [-0.39, 0.29) is 66.1 Å². The van der Waals surface area contributed by atoms with Gasteiger partial charge in [-0.1, -0.05) is 71.2 Å². The molecule has 0 aliphatic heterocycles. The second-order valence-electron chi connectivity index (χ2n) is 21.5. The molecule has 22 nitrogen and oxygen atoms in total. The maximum absolute atomic E-state index is 12.6. The third-order valence-electron chi connectivity index (χ3n) is 14.7. The van der Waals surface area contributed by atoms with Crippen LogP contribution in [-0.4, -0.2) is 73.6 Å². The van der Waals surface area contributed by atoms with Crippen LogP contribution >= 0.6 is 47.2 Å². The molecule has 0 unspecified atom stereocenters. The van der Waals surface area contributed by atoms with Gasteiger partial charge in [-0.25, -0.2) is 19.7 Å². The number of rotatable bonds is 14. The number of hydrogen-bond donors (Lipinski definition) is 7. The minimum absolute atomic E-state index is 0. The molecule has 0 radical (unpaired) electrons. The maximum Gasteiger partial charge on any atom is 0.335 e. The molecule has 27 heteroatoms. The average Bonchev–Trinajstić information content (AvgIpc) is 0.822. The number of nitrogen functional groups attached to an aromatic ring is 3. The van der Waals surface area contributed by atoms with E-state index in [1.54, 1.807) is 137 Å². The molecule has 3 aromatic carbocycles. The average molecular weight is 1390 g/mol. The first-order valence-corrected chi connectivity index (χ1v) is 30.3. The highest BCUT2D eigenvalue weighted by Gasteiger charge is 2.14. The Bertz CT molecular complexity index is 4860. The number of aryl methyl sites for hydroxylation is 3. The summed E-state index contributed by atoms with van der Waals surface area (Å²) in [6.07, 6.45) is 9.72. The highest BCUT2D eigenvalue weighted by atomic mass is 35.5. The number of nitrogens with zero attached hydrogens (tertiary/aromatic N) is 9. The smallest absolute Gasteiger partial charge is 0.335 e. The van der Waals surface area contributed by atoms with Crippen molar-refractivity contribution in [1.82, 2.24) is 54.2 Å². The van der Waals surface area contributed by atoms with Gasteiger partial charge >= 0.3 is 5.97 Å². The summed E-state index contributed by atoms with van der Waals surface area (Å²) in [5.41, 5.74) is 29.7. The van der Waals surface area contributed by atoms with Crippen LogP contribution in [0.15, 0.2) is 197 Å². The Hall–Kier alpha value is -11.0. The fraction of sp³-hybridized carbons (Fsp3) is 0.143. The number of nitrogens with one attached hydrogen (secondary N) is 2. The van der Waals surface area contributed by atoms with E-state index >= 15 is 0 Å². The number of fused-ring (bicyclic) bond motifs is 3. The van der Waals surface area contributed by atoms with Gasteiger partial charge in [-0.05, 0) is 161 Å². The van der Waals surface area contributed by atoms with Gasteiger partial charge in [0.25, 0.3) is 28.5 Å². The normalized spacial score (nSPS) is 10.6. The fourth-order valence-corrected chi connectivity index (χ4v) is 10.2. The lowest BCUT2D eigenvalue weighted by Crippen LogP contribution is -2.24. The molecule has 0 aliphatic carbocycles. The van der Waals surface area contributed by atoms with Gasteiger partial charge in [0, 0.05) is 118 Å². The summed E-state index contributed by atoms with van der Waals surface area (Å²) in [7, 11) is -1.00. The van der Waals surface area contributed by atoms with Crippen molar-refractivity contribution in [3.8, 4) is 0 Å². The third-order valence-corrected chi connectivity index (χ3v) is 15.4. The summed E-state index contributed by atoms with van der Waals surface area (Å²) in [6.45, 7) is 7.46. The molecule has 0 saturated carbocycles. The van der Waals surface area contributed by atoms with Crippen LogP contribution in [0.1, 0.15) is 83.3 Å². The highest BCUT2D eigenvalue weighted by molar-refractivity contribution is 6.32. The van der Waals surface area contributed by atoms with E-state index in [0.717, 1.165) is 66.1 Å². The number of carboxylic acids is 1. The molecule has 0 atom stereocenters. The molecule has 9 heterocycles. The quantitative estimate of drug-likeness (QED) is 0.0532. The van der Waals surface area contributed by atoms with Crippen LogP contribution in [0, 0.1) is 20.8 Å². The second-order valence-corrected chi connectivity index (χ2v) is 22.8. The molecule has 0 fully saturated rings. The van der Waals surface area contributed by atoms with Crippen LogP contribution in [0.5, 0.6) is 0 Å². The van der Waals surface area contributed by atoms with E-state index in [4.69, 9.17) is 64.2 Å². The second kappa shape index (κ2) is 34.5. The summed E-state index contributed by atoms with van der Waals surface area (Å²) < 4.78 is 20.1. The van der Waals surface area contributed by atoms with Crippen molar-refractivity contribution in [2.75, 3.05) is 24.4 Å². The molecule has 0 aliphatic rings. The van der Waals surface area contributed by atoms with Crippen LogP contribution < -0.4 is 50.2 Å². The van der Waals surface area contributed by atoms with Crippen molar-refractivity contribution < 1.29 is 25.3 Å². The lowest BCUT2D eigenvalue weighted by molar-refractivity contribution is 0.0695. The molecule has 12 aromatic rings. The minimum Gasteiger partial charge on any atom is -0.478 e. The number of carboxylic acid groups (broad SMARTS) is 1. The third kappa shape index (κ3) is 20.5. The zero-order valence-corrected chi connectivity index (χ0v) is 55.5. The van der Waals surface area contributed by atoms with E-state index < -0.39 is 13.1 Å². The van der Waals surface area contributed by atoms with Crippen molar-refractivity contribution in [2.45, 2.75) is 60.0 Å². The first kappa shape index (κ1) is 71.9. The van der Waals surface area contributed by atoms with Crippen molar-refractivity contribution in [1.29, 1.82) is 0 Å². The van der Waals surface area contributed by atoms with Crippen molar-refractivity contribution in [3.05, 3.63) is 296 Å². The predicted octanol–water partition coefficient (Wildman–Crippen LogP) is 10.9. The van der Waals surface area contributed by atoms with Gasteiger partial charge in [-0.3, -0.25) is 43.3 Å². The van der Waals surface area contributed by atoms with E-state index in [0.29, 0.717) is 80.4 Å². The highest BCUT2D eigenvalue weighted by Crippen LogP contribution is 2.22. The molecule has 0 bridgehead atoms. The summed E-state index contributed by atoms with van der Waals surface area (Å²) >= 11 is 18.1. The number of amides is 2. The molecule has 2 amide bonds. The van der Waals surface area contributed by atoms with E-state index in [9.17, 15) is 33.2 Å². The Labute approximate surface area is 577 Å². The number of pyridine rings is 9. The standard InChI is InChI=1S/2C23H20ClN5O2.C16H11ClN2O3.C7H11N3.CH3F.ClH/c2*1-14-17(3-5-21(25)28-14)11-27-23(31)16-6-7-26-20(9-16)13-29-12-18-8-19(24)4-2-15(18)10-22(29)30;17-13-2-1-10-7-15(20)19(8-12(10)5-13)9-14-6-11(16(21)22)3-4-18-14;1-5-6(4-8)2-3-7(9)10-5;1-2;/h2*2-10,12H,11,13H2,1H3,(H2,25,28)(H,27,31);1-8H,9H2,(H,21,22);2-3H,4,8H2,1H3,(H2,9,10);1H3;1H/i;;;;1D;. The Morgan fingerprint density at radius 1 is 0.474 bits per heavy atom. The number of benzene rings is 3. The zero-order chi connectivity index (χ0) is 69.9. The Morgan fingerprint density at radius 2 is 0.784 bits per heavy atom. The monoisotopic (exact) mass is 1390 g/mol. The lowest BCUT2D eigenvalue weighted by Gasteiger charge is -2.10. The Balaban J connectivity index is 0.000000191. The van der Waals surface area contributed by atoms with Gasteiger partial charge in [0.2, 0.25) is 0 Å². The van der Waals surface area contributed by atoms with Crippen LogP contribution in [-0.2, 0) is 39.3 Å². The minimum atomic E-state index is -1.03. The van der Waals surface area contributed by atoms with Gasteiger partial charge < -0.3 is 52.4 Å². The number of carbonyl (C=O) groups is 3. The van der Waals surface area contributed by atoms with Gasteiger partial charge in [0.15, 0.2) is 0 Å². The SMILES string of the molecule is Cc1nc(N)ccc1CN.Cc1nc(N)ccc1CNC(=O)c1ccnc(Cn2cc3cc(Cl)ccc3cc2=O)c1.Cc1nc(N)ccc1CNC(=O)c1ccnc(Cn2cc3cc(Cl)ccc3cc2=O)c1.Cl.O=C(O)c1ccnc(Cn2cc3cc(Cl)ccc3cc2=O)c1.[2H]CF. The van der Waals surface area contributed by atoms with E-state index in [1.165, 1.54) is 29.0 Å².